The van der Waals surface area contributed by atoms with Gasteiger partial charge in [0.15, 0.2) is 11.5 Å². The van der Waals surface area contributed by atoms with Crippen LogP contribution in [0.3, 0.4) is 0 Å². The number of urea groups is 1. The molecule has 0 radical (unpaired) electrons. The summed E-state index contributed by atoms with van der Waals surface area (Å²) < 4.78 is 47.2. The maximum atomic E-state index is 12.9. The topological polar surface area (TPSA) is 97.0 Å². The first kappa shape index (κ1) is 21.3. The van der Waals surface area contributed by atoms with Crippen molar-refractivity contribution in [2.45, 2.75) is 31.6 Å². The van der Waals surface area contributed by atoms with E-state index < -0.39 is 42.1 Å². The first-order valence-electron chi connectivity index (χ1n) is 8.17. The number of carbonyl (C=O) groups excluding carboxylic acids is 3. The van der Waals surface area contributed by atoms with Crippen LogP contribution in [0.2, 0.25) is 0 Å². The molecule has 0 bridgehead atoms. The molecule has 0 spiro atoms. The Kier molecular flexibility index (Phi) is 5.76. The molecule has 2 rings (SSSR count). The van der Waals surface area contributed by atoms with Crippen LogP contribution in [0.15, 0.2) is 18.2 Å². The standard InChI is InChI=1S/C17H20F3N3O5/c1-9(13(24)21-8-17(18,19)20)23-14(25)16(2,22-15(23)26)10-5-6-11(27-3)12(7-10)28-4/h5-7,9H,8H2,1-4H3,(H,21,24)(H,22,26)/t9-,16-/m0/s1. The van der Waals surface area contributed by atoms with Gasteiger partial charge < -0.3 is 20.1 Å². The first-order chi connectivity index (χ1) is 12.9. The van der Waals surface area contributed by atoms with Crippen LogP contribution in [0, 0.1) is 0 Å². The average Bonchev–Trinajstić information content (AvgIpc) is 2.87. The predicted octanol–water partition coefficient (Wildman–Crippen LogP) is 1.54. The fourth-order valence-corrected chi connectivity index (χ4v) is 2.81. The quantitative estimate of drug-likeness (QED) is 0.703. The second-order valence-electron chi connectivity index (χ2n) is 6.31. The number of carbonyl (C=O) groups is 3. The van der Waals surface area contributed by atoms with Crippen LogP contribution >= 0.6 is 0 Å². The molecule has 0 saturated carbocycles. The molecule has 1 saturated heterocycles. The maximum absolute atomic E-state index is 12.9. The van der Waals surface area contributed by atoms with Gasteiger partial charge >= 0.3 is 12.2 Å². The zero-order valence-electron chi connectivity index (χ0n) is 15.6. The van der Waals surface area contributed by atoms with Crippen molar-refractivity contribution >= 4 is 17.8 Å². The molecular formula is C17H20F3N3O5. The molecule has 1 aromatic carbocycles. The zero-order chi connectivity index (χ0) is 21.3. The van der Waals surface area contributed by atoms with Crippen LogP contribution in [0.4, 0.5) is 18.0 Å². The highest BCUT2D eigenvalue weighted by Crippen LogP contribution is 2.35. The van der Waals surface area contributed by atoms with Gasteiger partial charge in [-0.3, -0.25) is 9.59 Å². The number of alkyl halides is 3. The van der Waals surface area contributed by atoms with E-state index in [4.69, 9.17) is 9.47 Å². The molecule has 1 aliphatic rings. The number of benzene rings is 1. The summed E-state index contributed by atoms with van der Waals surface area (Å²) in [7, 11) is 2.84. The van der Waals surface area contributed by atoms with E-state index in [0.717, 1.165) is 0 Å². The first-order valence-corrected chi connectivity index (χ1v) is 8.17. The molecule has 11 heteroatoms. The Balaban J connectivity index is 2.28. The van der Waals surface area contributed by atoms with Gasteiger partial charge in [-0.15, -0.1) is 0 Å². The Morgan fingerprint density at radius 2 is 1.86 bits per heavy atom. The van der Waals surface area contributed by atoms with E-state index in [1.807, 2.05) is 0 Å². The summed E-state index contributed by atoms with van der Waals surface area (Å²) in [5.41, 5.74) is -1.18. The molecule has 154 valence electrons. The van der Waals surface area contributed by atoms with E-state index in [-0.39, 0.29) is 0 Å². The molecule has 1 aliphatic heterocycles. The Morgan fingerprint density at radius 1 is 1.25 bits per heavy atom. The van der Waals surface area contributed by atoms with Gasteiger partial charge in [-0.1, -0.05) is 6.07 Å². The monoisotopic (exact) mass is 403 g/mol. The highest BCUT2D eigenvalue weighted by Gasteiger charge is 2.52. The third kappa shape index (κ3) is 3.97. The van der Waals surface area contributed by atoms with Crippen LogP contribution in [0.1, 0.15) is 19.4 Å². The van der Waals surface area contributed by atoms with Crippen LogP contribution in [0.5, 0.6) is 11.5 Å². The van der Waals surface area contributed by atoms with Crippen molar-refractivity contribution in [2.24, 2.45) is 0 Å². The third-order valence-corrected chi connectivity index (χ3v) is 4.41. The minimum absolute atomic E-state index is 0.317. The molecular weight excluding hydrogens is 383 g/mol. The van der Waals surface area contributed by atoms with Crippen molar-refractivity contribution in [3.05, 3.63) is 23.8 Å². The molecule has 8 nitrogen and oxygen atoms in total. The number of ether oxygens (including phenoxy) is 2. The van der Waals surface area contributed by atoms with E-state index in [1.54, 1.807) is 11.4 Å². The van der Waals surface area contributed by atoms with Crippen molar-refractivity contribution in [3.63, 3.8) is 0 Å². The summed E-state index contributed by atoms with van der Waals surface area (Å²) >= 11 is 0. The SMILES string of the molecule is COc1ccc([C@]2(C)NC(=O)N([C@@H](C)C(=O)NCC(F)(F)F)C2=O)cc1OC. The summed E-state index contributed by atoms with van der Waals surface area (Å²) in [5, 5.41) is 4.15. The lowest BCUT2D eigenvalue weighted by Gasteiger charge is -2.25. The predicted molar refractivity (Wildman–Crippen MR) is 90.8 cm³/mol. The number of nitrogens with zero attached hydrogens (tertiary/aromatic N) is 1. The van der Waals surface area contributed by atoms with Gasteiger partial charge in [-0.2, -0.15) is 13.2 Å². The molecule has 1 fully saturated rings. The molecule has 0 unspecified atom stereocenters. The molecule has 4 amide bonds. The summed E-state index contributed by atoms with van der Waals surface area (Å²) in [5.74, 6) is -1.15. The molecule has 1 heterocycles. The highest BCUT2D eigenvalue weighted by molar-refractivity contribution is 6.10. The van der Waals surface area contributed by atoms with Crippen molar-refractivity contribution in [2.75, 3.05) is 20.8 Å². The van der Waals surface area contributed by atoms with Gasteiger partial charge in [-0.05, 0) is 31.5 Å². The molecule has 0 aliphatic carbocycles. The second-order valence-corrected chi connectivity index (χ2v) is 6.31. The van der Waals surface area contributed by atoms with Gasteiger partial charge in [0.25, 0.3) is 5.91 Å². The Labute approximate surface area is 159 Å². The molecule has 2 atom stereocenters. The molecule has 0 aromatic heterocycles. The van der Waals surface area contributed by atoms with Gasteiger partial charge in [0, 0.05) is 0 Å². The number of nitrogens with one attached hydrogen (secondary N) is 2. The lowest BCUT2D eigenvalue weighted by Crippen LogP contribution is -2.50. The minimum atomic E-state index is -4.61. The van der Waals surface area contributed by atoms with E-state index >= 15 is 0 Å². The van der Waals surface area contributed by atoms with Gasteiger partial charge in [-0.25, -0.2) is 9.69 Å². The second kappa shape index (κ2) is 7.56. The van der Waals surface area contributed by atoms with Crippen LogP contribution in [-0.4, -0.2) is 55.7 Å². The van der Waals surface area contributed by atoms with Crippen molar-refractivity contribution in [1.82, 2.24) is 15.5 Å². The minimum Gasteiger partial charge on any atom is -0.493 e. The third-order valence-electron chi connectivity index (χ3n) is 4.41. The van der Waals surface area contributed by atoms with Gasteiger partial charge in [0.05, 0.1) is 14.2 Å². The van der Waals surface area contributed by atoms with Crippen LogP contribution in [-0.2, 0) is 15.1 Å². The van der Waals surface area contributed by atoms with Crippen molar-refractivity contribution in [3.8, 4) is 11.5 Å². The van der Waals surface area contributed by atoms with E-state index in [2.05, 4.69) is 5.32 Å². The fourth-order valence-electron chi connectivity index (χ4n) is 2.81. The highest BCUT2D eigenvalue weighted by atomic mass is 19.4. The van der Waals surface area contributed by atoms with Gasteiger partial charge in [0.2, 0.25) is 5.91 Å². The van der Waals surface area contributed by atoms with E-state index in [0.29, 0.717) is 22.0 Å². The van der Waals surface area contributed by atoms with Crippen molar-refractivity contribution < 1.29 is 37.0 Å². The van der Waals surface area contributed by atoms with Crippen LogP contribution < -0.4 is 20.1 Å². The number of hydrogen-bond acceptors (Lipinski definition) is 5. The number of methoxy groups -OCH3 is 2. The van der Waals surface area contributed by atoms with Gasteiger partial charge in [0.1, 0.15) is 18.1 Å². The summed E-state index contributed by atoms with van der Waals surface area (Å²) in [6, 6.07) is 2.25. The van der Waals surface area contributed by atoms with E-state index in [1.165, 1.54) is 40.2 Å². The number of hydrogen-bond donors (Lipinski definition) is 2. The number of amides is 4. The summed E-state index contributed by atoms with van der Waals surface area (Å²) in [4.78, 5) is 37.8. The zero-order valence-corrected chi connectivity index (χ0v) is 15.6. The van der Waals surface area contributed by atoms with Crippen LogP contribution in [0.25, 0.3) is 0 Å². The van der Waals surface area contributed by atoms with E-state index in [9.17, 15) is 27.6 Å². The molecule has 28 heavy (non-hydrogen) atoms. The summed E-state index contributed by atoms with van der Waals surface area (Å²) in [6.45, 7) is 1.03. The normalized spacial score (nSPS) is 20.6. The smallest absolute Gasteiger partial charge is 0.405 e. The Bertz CT molecular complexity index is 799. The number of rotatable bonds is 6. The Hall–Kier alpha value is -2.98. The van der Waals surface area contributed by atoms with Crippen molar-refractivity contribution in [1.29, 1.82) is 0 Å². The fraction of sp³-hybridized carbons (Fsp3) is 0.471. The molecule has 1 aromatic rings. The largest absolute Gasteiger partial charge is 0.493 e. The summed E-state index contributed by atoms with van der Waals surface area (Å²) in [6.07, 6.45) is -4.61. The lowest BCUT2D eigenvalue weighted by atomic mass is 9.91. The maximum Gasteiger partial charge on any atom is 0.405 e. The molecule has 2 N–H and O–H groups in total. The Morgan fingerprint density at radius 3 is 2.39 bits per heavy atom. The number of imide groups is 1. The lowest BCUT2D eigenvalue weighted by molar-refractivity contribution is -0.144. The number of halogens is 3. The average molecular weight is 403 g/mol.